The maximum absolute atomic E-state index is 6.02. The quantitative estimate of drug-likeness (QED) is 0.577. The van der Waals surface area contributed by atoms with Gasteiger partial charge in [0, 0.05) is 35.9 Å². The Hall–Kier alpha value is -2.87. The van der Waals surface area contributed by atoms with Crippen LogP contribution in [0, 0.1) is 18.8 Å². The molecule has 8 nitrogen and oxygen atoms in total. The van der Waals surface area contributed by atoms with Gasteiger partial charge in [0.25, 0.3) is 0 Å². The fraction of sp³-hybridized carbons (Fsp3) is 0.478. The fourth-order valence-electron chi connectivity index (χ4n) is 4.79. The number of hydrogen-bond acceptors (Lipinski definition) is 7. The van der Waals surface area contributed by atoms with Crippen LogP contribution in [0.4, 0.5) is 11.8 Å². The van der Waals surface area contributed by atoms with Gasteiger partial charge in [0.15, 0.2) is 0 Å². The Labute approximate surface area is 193 Å². The molecule has 2 fully saturated rings. The van der Waals surface area contributed by atoms with Crippen LogP contribution in [0.2, 0.25) is 5.02 Å². The lowest BCUT2D eigenvalue weighted by Gasteiger charge is -2.38. The number of anilines is 2. The zero-order chi connectivity index (χ0) is 22.2. The van der Waals surface area contributed by atoms with E-state index in [1.165, 1.54) is 12.8 Å². The largest absolute Gasteiger partial charge is 0.424 e. The van der Waals surface area contributed by atoms with Crippen molar-refractivity contribution in [1.82, 2.24) is 24.7 Å². The average molecular weight is 454 g/mol. The summed E-state index contributed by atoms with van der Waals surface area (Å²) < 4.78 is 7.84. The van der Waals surface area contributed by atoms with Crippen LogP contribution in [0.5, 0.6) is 11.8 Å². The number of hydrogen-bond donors (Lipinski definition) is 1. The van der Waals surface area contributed by atoms with Crippen molar-refractivity contribution in [3.05, 3.63) is 47.4 Å². The number of aromatic nitrogens is 5. The molecule has 3 aromatic rings. The van der Waals surface area contributed by atoms with Gasteiger partial charge in [-0.25, -0.2) is 14.6 Å². The third kappa shape index (κ3) is 4.24. The second-order valence-corrected chi connectivity index (χ2v) is 9.44. The van der Waals surface area contributed by atoms with Gasteiger partial charge in [-0.05, 0) is 69.7 Å². The zero-order valence-corrected chi connectivity index (χ0v) is 19.3. The number of piperidine rings is 1. The van der Waals surface area contributed by atoms with Crippen LogP contribution in [-0.4, -0.2) is 43.9 Å². The van der Waals surface area contributed by atoms with E-state index in [9.17, 15) is 0 Å². The Balaban J connectivity index is 1.31. The van der Waals surface area contributed by atoms with Crippen LogP contribution in [0.25, 0.3) is 0 Å². The lowest BCUT2D eigenvalue weighted by molar-refractivity contribution is 0.373. The van der Waals surface area contributed by atoms with Gasteiger partial charge in [0.2, 0.25) is 5.95 Å². The Bertz CT molecular complexity index is 1070. The molecule has 1 saturated heterocycles. The lowest BCUT2D eigenvalue weighted by atomic mass is 9.92. The van der Waals surface area contributed by atoms with E-state index in [1.54, 1.807) is 18.5 Å². The van der Waals surface area contributed by atoms with Crippen LogP contribution in [-0.2, 0) is 0 Å². The normalized spacial score (nSPS) is 22.4. The second kappa shape index (κ2) is 8.58. The first-order valence-corrected chi connectivity index (χ1v) is 11.5. The Morgan fingerprint density at radius 2 is 1.81 bits per heavy atom. The zero-order valence-electron chi connectivity index (χ0n) is 18.6. The monoisotopic (exact) mass is 453 g/mol. The fourth-order valence-corrected chi connectivity index (χ4v) is 4.92. The van der Waals surface area contributed by atoms with Gasteiger partial charge < -0.3 is 15.0 Å². The van der Waals surface area contributed by atoms with Crippen molar-refractivity contribution < 1.29 is 4.74 Å². The molecule has 3 heterocycles. The Morgan fingerprint density at radius 1 is 1.09 bits per heavy atom. The third-order valence-electron chi connectivity index (χ3n) is 6.35. The molecule has 5 rings (SSSR count). The van der Waals surface area contributed by atoms with Crippen LogP contribution in [0.15, 0.2) is 36.7 Å². The first-order valence-electron chi connectivity index (χ1n) is 11.2. The van der Waals surface area contributed by atoms with Crippen molar-refractivity contribution in [2.45, 2.75) is 45.7 Å². The minimum Gasteiger partial charge on any atom is -0.424 e. The maximum atomic E-state index is 6.02. The van der Waals surface area contributed by atoms with Crippen molar-refractivity contribution >= 4 is 23.4 Å². The predicted molar refractivity (Wildman–Crippen MR) is 125 cm³/mol. The summed E-state index contributed by atoms with van der Waals surface area (Å²) in [7, 11) is 0. The van der Waals surface area contributed by atoms with Crippen molar-refractivity contribution in [3.63, 3.8) is 0 Å². The molecule has 1 aliphatic carbocycles. The molecule has 1 N–H and O–H groups in total. The number of benzene rings is 1. The van der Waals surface area contributed by atoms with E-state index in [2.05, 4.69) is 45.1 Å². The van der Waals surface area contributed by atoms with Gasteiger partial charge in [0.1, 0.15) is 17.9 Å². The molecule has 0 radical (unpaired) electrons. The summed E-state index contributed by atoms with van der Waals surface area (Å²) in [5.41, 5.74) is 0.999. The highest BCUT2D eigenvalue weighted by Gasteiger charge is 2.43. The van der Waals surface area contributed by atoms with Crippen LogP contribution in [0.3, 0.4) is 0 Å². The van der Waals surface area contributed by atoms with E-state index >= 15 is 0 Å². The summed E-state index contributed by atoms with van der Waals surface area (Å²) in [4.78, 5) is 15.8. The lowest BCUT2D eigenvalue weighted by Crippen LogP contribution is -2.48. The summed E-state index contributed by atoms with van der Waals surface area (Å²) >= 11 is 5.99. The number of ether oxygens (including phenoxy) is 1. The average Bonchev–Trinajstić information content (AvgIpc) is 3.26. The number of rotatable bonds is 6. The van der Waals surface area contributed by atoms with E-state index in [0.717, 1.165) is 24.6 Å². The molecule has 1 saturated carbocycles. The minimum absolute atomic E-state index is 0.125. The molecule has 0 amide bonds. The molecule has 9 heteroatoms. The van der Waals surface area contributed by atoms with Crippen LogP contribution >= 0.6 is 11.6 Å². The molecule has 2 aromatic heterocycles. The number of halogens is 1. The van der Waals surface area contributed by atoms with Crippen LogP contribution in [0.1, 0.15) is 38.4 Å². The highest BCUT2D eigenvalue weighted by Crippen LogP contribution is 2.40. The molecule has 1 aliphatic heterocycles. The van der Waals surface area contributed by atoms with Gasteiger partial charge in [-0.2, -0.15) is 4.98 Å². The summed E-state index contributed by atoms with van der Waals surface area (Å²) in [6.07, 6.45) is 4.05. The highest BCUT2D eigenvalue weighted by molar-refractivity contribution is 6.30. The van der Waals surface area contributed by atoms with E-state index < -0.39 is 0 Å². The highest BCUT2D eigenvalue weighted by atomic mass is 35.5. The summed E-state index contributed by atoms with van der Waals surface area (Å²) in [6, 6.07) is 10.3. The Morgan fingerprint density at radius 3 is 2.47 bits per heavy atom. The van der Waals surface area contributed by atoms with E-state index in [-0.39, 0.29) is 6.04 Å². The topological polar surface area (TPSA) is 81.0 Å². The number of nitrogens with zero attached hydrogens (tertiary/aromatic N) is 6. The molecule has 0 spiro atoms. The van der Waals surface area contributed by atoms with Crippen molar-refractivity contribution in [1.29, 1.82) is 0 Å². The molecule has 2 atom stereocenters. The number of nitrogens with one attached hydrogen (secondary N) is 1. The molecular weight excluding hydrogens is 426 g/mol. The molecule has 168 valence electrons. The summed E-state index contributed by atoms with van der Waals surface area (Å²) in [5, 5.41) is 9.02. The number of aryl methyl sites for hydroxylation is 1. The third-order valence-corrected chi connectivity index (χ3v) is 6.61. The Kier molecular flexibility index (Phi) is 5.63. The smallest absolute Gasteiger partial charge is 0.322 e. The molecule has 1 aromatic carbocycles. The van der Waals surface area contributed by atoms with E-state index in [0.29, 0.717) is 40.6 Å². The molecular formula is C23H28ClN7O. The first kappa shape index (κ1) is 21.0. The second-order valence-electron chi connectivity index (χ2n) is 9.00. The van der Waals surface area contributed by atoms with Gasteiger partial charge in [-0.1, -0.05) is 11.6 Å². The van der Waals surface area contributed by atoms with Gasteiger partial charge >= 0.3 is 6.01 Å². The summed E-state index contributed by atoms with van der Waals surface area (Å²) in [5.74, 6) is 3.37. The van der Waals surface area contributed by atoms with E-state index in [4.69, 9.17) is 21.4 Å². The molecule has 2 aliphatic rings. The maximum Gasteiger partial charge on any atom is 0.322 e. The molecule has 32 heavy (non-hydrogen) atoms. The van der Waals surface area contributed by atoms with Crippen molar-refractivity contribution in [3.8, 4) is 11.8 Å². The standard InChI is InChI=1S/C23H28ClN7O/c1-14(2)31-23(32-19-8-6-18(24)7-9-19)28-22(29-31)27-21-16-4-5-17(21)12-30(11-16)20-10-15(3)25-13-26-20/h6-10,13-14,16-17,21H,4-5,11-12H2,1-3H3,(H,27,29). The van der Waals surface area contributed by atoms with Gasteiger partial charge in [0.05, 0.1) is 6.04 Å². The van der Waals surface area contributed by atoms with Gasteiger partial charge in [-0.15, -0.1) is 5.10 Å². The SMILES string of the molecule is Cc1cc(N2CC3CCC(C2)C3Nc2nc(Oc3ccc(Cl)cc3)n(C(C)C)n2)ncn1. The van der Waals surface area contributed by atoms with Crippen molar-refractivity contribution in [2.75, 3.05) is 23.3 Å². The first-order chi connectivity index (χ1) is 15.5. The molecule has 2 bridgehead atoms. The number of fused-ring (bicyclic) bond motifs is 2. The predicted octanol–water partition coefficient (Wildman–Crippen LogP) is 4.73. The van der Waals surface area contributed by atoms with Gasteiger partial charge in [-0.3, -0.25) is 0 Å². The molecule has 2 unspecified atom stereocenters. The minimum atomic E-state index is 0.125. The van der Waals surface area contributed by atoms with Crippen molar-refractivity contribution in [2.24, 2.45) is 11.8 Å². The van der Waals surface area contributed by atoms with E-state index in [1.807, 2.05) is 23.7 Å². The summed E-state index contributed by atoms with van der Waals surface area (Å²) in [6.45, 7) is 8.10. The van der Waals surface area contributed by atoms with Crippen LogP contribution < -0.4 is 15.0 Å².